The number of aryl methyl sites for hydroxylation is 2. The molecule has 89 valence electrons. The lowest BCUT2D eigenvalue weighted by Crippen LogP contribution is -1.94. The highest BCUT2D eigenvalue weighted by Gasteiger charge is 2.04. The third-order valence-electron chi connectivity index (χ3n) is 2.90. The highest BCUT2D eigenvalue weighted by molar-refractivity contribution is 5.37. The minimum atomic E-state index is 0.939. The minimum absolute atomic E-state index is 0.939. The van der Waals surface area contributed by atoms with Crippen molar-refractivity contribution in [2.24, 2.45) is 0 Å². The first-order valence-corrected chi connectivity index (χ1v) is 6.35. The van der Waals surface area contributed by atoms with E-state index in [1.165, 1.54) is 43.2 Å². The molecule has 16 heavy (non-hydrogen) atoms. The molecular weight excluding hydrogens is 196 g/mol. The van der Waals surface area contributed by atoms with E-state index < -0.39 is 0 Å². The van der Waals surface area contributed by atoms with Gasteiger partial charge in [-0.15, -0.1) is 0 Å². The van der Waals surface area contributed by atoms with Gasteiger partial charge < -0.3 is 4.74 Å². The van der Waals surface area contributed by atoms with Gasteiger partial charge >= 0.3 is 0 Å². The van der Waals surface area contributed by atoms with Crippen molar-refractivity contribution >= 4 is 0 Å². The molecule has 1 heteroatoms. The second-order valence-electron chi connectivity index (χ2n) is 4.29. The van der Waals surface area contributed by atoms with Crippen LogP contribution in [-0.4, -0.2) is 0 Å². The third kappa shape index (κ3) is 3.88. The summed E-state index contributed by atoms with van der Waals surface area (Å²) in [6.07, 6.45) is 7.22. The van der Waals surface area contributed by atoms with E-state index in [1.54, 1.807) is 0 Å². The van der Waals surface area contributed by atoms with Crippen LogP contribution >= 0.6 is 0 Å². The average molecular weight is 219 g/mol. The molecule has 1 radical (unpaired) electrons. The zero-order valence-electron chi connectivity index (χ0n) is 10.6. The molecule has 0 aromatic heterocycles. The first-order chi connectivity index (χ1) is 7.81. The molecule has 1 aromatic rings. The van der Waals surface area contributed by atoms with E-state index in [0.717, 1.165) is 12.2 Å². The summed E-state index contributed by atoms with van der Waals surface area (Å²) < 4.78 is 5.15. The standard InChI is InChI=1S/C15H23O/c1-4-6-8-13-10-11-15(16-3)14(12-13)9-7-5-2/h10-12H,3-9H2,1-2H3. The molecule has 0 fully saturated rings. The average Bonchev–Trinajstić information content (AvgIpc) is 2.33. The van der Waals surface area contributed by atoms with Crippen LogP contribution in [-0.2, 0) is 12.8 Å². The normalized spacial score (nSPS) is 10.4. The van der Waals surface area contributed by atoms with Gasteiger partial charge in [0.25, 0.3) is 0 Å². The fraction of sp³-hybridized carbons (Fsp3) is 0.533. The van der Waals surface area contributed by atoms with Crippen LogP contribution in [0, 0.1) is 7.11 Å². The predicted octanol–water partition coefficient (Wildman–Crippen LogP) is 4.54. The van der Waals surface area contributed by atoms with Crippen molar-refractivity contribution in [1.82, 2.24) is 0 Å². The Morgan fingerprint density at radius 3 is 2.38 bits per heavy atom. The van der Waals surface area contributed by atoms with Crippen LogP contribution < -0.4 is 4.74 Å². The van der Waals surface area contributed by atoms with Crippen molar-refractivity contribution in [3.8, 4) is 5.75 Å². The van der Waals surface area contributed by atoms with Gasteiger partial charge in [-0.2, -0.15) is 0 Å². The monoisotopic (exact) mass is 219 g/mol. The van der Waals surface area contributed by atoms with E-state index in [9.17, 15) is 0 Å². The van der Waals surface area contributed by atoms with Crippen molar-refractivity contribution in [2.75, 3.05) is 0 Å². The van der Waals surface area contributed by atoms with Crippen molar-refractivity contribution < 1.29 is 4.74 Å². The summed E-state index contributed by atoms with van der Waals surface area (Å²) in [5.74, 6) is 0.939. The molecule has 0 unspecified atom stereocenters. The summed E-state index contributed by atoms with van der Waals surface area (Å²) in [7, 11) is 3.52. The van der Waals surface area contributed by atoms with E-state index in [1.807, 2.05) is 0 Å². The highest BCUT2D eigenvalue weighted by atomic mass is 16.5. The molecular formula is C15H23O. The van der Waals surface area contributed by atoms with Crippen LogP contribution in [0.2, 0.25) is 0 Å². The molecule has 0 atom stereocenters. The Morgan fingerprint density at radius 2 is 1.75 bits per heavy atom. The summed E-state index contributed by atoms with van der Waals surface area (Å²) in [6.45, 7) is 4.44. The number of hydrogen-bond acceptors (Lipinski definition) is 1. The van der Waals surface area contributed by atoms with Gasteiger partial charge in [0.15, 0.2) is 0 Å². The van der Waals surface area contributed by atoms with E-state index in [0.29, 0.717) is 0 Å². The van der Waals surface area contributed by atoms with Gasteiger partial charge in [0, 0.05) is 0 Å². The molecule has 0 amide bonds. The van der Waals surface area contributed by atoms with Crippen LogP contribution in [0.3, 0.4) is 0 Å². The SMILES string of the molecule is [CH2]Oc1ccc(CCCC)cc1CCCC. The lowest BCUT2D eigenvalue weighted by Gasteiger charge is -2.10. The van der Waals surface area contributed by atoms with Crippen molar-refractivity contribution in [2.45, 2.75) is 52.4 Å². The van der Waals surface area contributed by atoms with E-state index in [2.05, 4.69) is 39.2 Å². The van der Waals surface area contributed by atoms with Crippen LogP contribution in [0.5, 0.6) is 5.75 Å². The van der Waals surface area contributed by atoms with Gasteiger partial charge in [0.1, 0.15) is 12.9 Å². The second kappa shape index (κ2) is 7.32. The first-order valence-electron chi connectivity index (χ1n) is 6.35. The summed E-state index contributed by atoms with van der Waals surface area (Å²) in [5.41, 5.74) is 2.74. The van der Waals surface area contributed by atoms with Gasteiger partial charge in [0.2, 0.25) is 0 Å². The van der Waals surface area contributed by atoms with Crippen LogP contribution in [0.1, 0.15) is 50.7 Å². The summed E-state index contributed by atoms with van der Waals surface area (Å²) >= 11 is 0. The predicted molar refractivity (Wildman–Crippen MR) is 69.7 cm³/mol. The molecule has 0 heterocycles. The number of unbranched alkanes of at least 4 members (excludes halogenated alkanes) is 2. The van der Waals surface area contributed by atoms with E-state index in [-0.39, 0.29) is 0 Å². The quantitative estimate of drug-likeness (QED) is 0.654. The maximum Gasteiger partial charge on any atom is 0.122 e. The second-order valence-corrected chi connectivity index (χ2v) is 4.29. The van der Waals surface area contributed by atoms with E-state index >= 15 is 0 Å². The zero-order chi connectivity index (χ0) is 11.8. The zero-order valence-corrected chi connectivity index (χ0v) is 10.6. The first kappa shape index (κ1) is 13.1. The molecule has 0 bridgehead atoms. The topological polar surface area (TPSA) is 9.23 Å². The van der Waals surface area contributed by atoms with Crippen LogP contribution in [0.4, 0.5) is 0 Å². The molecule has 0 N–H and O–H groups in total. The molecule has 1 nitrogen and oxygen atoms in total. The van der Waals surface area contributed by atoms with Crippen molar-refractivity contribution in [3.63, 3.8) is 0 Å². The van der Waals surface area contributed by atoms with Crippen molar-refractivity contribution in [3.05, 3.63) is 36.4 Å². The molecule has 0 aliphatic carbocycles. The molecule has 1 aromatic carbocycles. The Labute approximate surface area is 99.8 Å². The molecule has 1 rings (SSSR count). The lowest BCUT2D eigenvalue weighted by molar-refractivity contribution is 0.465. The van der Waals surface area contributed by atoms with E-state index in [4.69, 9.17) is 4.74 Å². The third-order valence-corrected chi connectivity index (χ3v) is 2.90. The van der Waals surface area contributed by atoms with Gasteiger partial charge in [-0.25, -0.2) is 0 Å². The maximum atomic E-state index is 5.15. The Kier molecular flexibility index (Phi) is 5.99. The number of hydrogen-bond donors (Lipinski definition) is 0. The van der Waals surface area contributed by atoms with Gasteiger partial charge in [-0.3, -0.25) is 0 Å². The van der Waals surface area contributed by atoms with Crippen molar-refractivity contribution in [1.29, 1.82) is 0 Å². The summed E-state index contributed by atoms with van der Waals surface area (Å²) in [5, 5.41) is 0. The molecule has 0 aliphatic rings. The Balaban J connectivity index is 2.74. The summed E-state index contributed by atoms with van der Waals surface area (Å²) in [6, 6.07) is 6.50. The molecule has 0 saturated heterocycles. The fourth-order valence-electron chi connectivity index (χ4n) is 1.87. The maximum absolute atomic E-state index is 5.15. The number of ether oxygens (including phenoxy) is 1. The smallest absolute Gasteiger partial charge is 0.122 e. The minimum Gasteiger partial charge on any atom is -0.490 e. The van der Waals surface area contributed by atoms with Crippen LogP contribution in [0.25, 0.3) is 0 Å². The summed E-state index contributed by atoms with van der Waals surface area (Å²) in [4.78, 5) is 0. The molecule has 0 aliphatic heterocycles. The number of rotatable bonds is 7. The van der Waals surface area contributed by atoms with Gasteiger partial charge in [-0.1, -0.05) is 38.8 Å². The van der Waals surface area contributed by atoms with Gasteiger partial charge in [0.05, 0.1) is 0 Å². The molecule has 0 spiro atoms. The highest BCUT2D eigenvalue weighted by Crippen LogP contribution is 2.23. The fourth-order valence-corrected chi connectivity index (χ4v) is 1.87. The number of benzene rings is 1. The largest absolute Gasteiger partial charge is 0.490 e. The van der Waals surface area contributed by atoms with Gasteiger partial charge in [-0.05, 0) is 42.9 Å². The Bertz CT molecular complexity index is 304. The Hall–Kier alpha value is -0.980. The lowest BCUT2D eigenvalue weighted by atomic mass is 10.0. The Morgan fingerprint density at radius 1 is 1.06 bits per heavy atom. The van der Waals surface area contributed by atoms with Crippen LogP contribution in [0.15, 0.2) is 18.2 Å². The molecule has 0 saturated carbocycles.